The van der Waals surface area contributed by atoms with Crippen molar-refractivity contribution in [1.29, 1.82) is 0 Å². The van der Waals surface area contributed by atoms with E-state index in [2.05, 4.69) is 4.74 Å². The Bertz CT molecular complexity index is 996. The first kappa shape index (κ1) is 26.3. The lowest BCUT2D eigenvalue weighted by Gasteiger charge is -2.62. The summed E-state index contributed by atoms with van der Waals surface area (Å²) in [7, 11) is -6.07. The maximum atomic E-state index is 13.7. The van der Waals surface area contributed by atoms with Gasteiger partial charge in [0.05, 0.1) is 6.61 Å². The Morgan fingerprint density at radius 1 is 0.971 bits per heavy atom. The Labute approximate surface area is 192 Å². The largest absolute Gasteiger partial charge is 0.465 e. The highest BCUT2D eigenvalue weighted by Crippen LogP contribution is 2.64. The van der Waals surface area contributed by atoms with Gasteiger partial charge >= 0.3 is 39.4 Å². The van der Waals surface area contributed by atoms with E-state index < -0.39 is 75.3 Å². The zero-order valence-corrected chi connectivity index (χ0v) is 18.3. The van der Waals surface area contributed by atoms with E-state index in [-0.39, 0.29) is 31.8 Å². The van der Waals surface area contributed by atoms with Gasteiger partial charge in [0, 0.05) is 11.8 Å². The SMILES string of the molecule is O=C(OCC1COC2(O1)C1CC3CC2CC(OC(=O)C(F)(F)S(=O)(=O)O)(C3)C1)C(F)(F)C(F)(F)F. The van der Waals surface area contributed by atoms with E-state index in [0.717, 1.165) is 0 Å². The van der Waals surface area contributed by atoms with Crippen molar-refractivity contribution in [3.63, 3.8) is 0 Å². The third-order valence-electron chi connectivity index (χ3n) is 7.00. The summed E-state index contributed by atoms with van der Waals surface area (Å²) in [6.45, 7) is -1.29. The molecule has 4 bridgehead atoms. The summed E-state index contributed by atoms with van der Waals surface area (Å²) < 4.78 is 141. The fourth-order valence-corrected chi connectivity index (χ4v) is 6.03. The average Bonchev–Trinajstić information content (AvgIpc) is 3.13. The summed E-state index contributed by atoms with van der Waals surface area (Å²) in [5.41, 5.74) is -1.49. The minimum atomic E-state index is -6.14. The molecule has 5 fully saturated rings. The molecule has 5 rings (SSSR count). The quantitative estimate of drug-likeness (QED) is 0.305. The second-order valence-electron chi connectivity index (χ2n) is 9.35. The van der Waals surface area contributed by atoms with Gasteiger partial charge in [0.15, 0.2) is 5.79 Å². The lowest BCUT2D eigenvalue weighted by atomic mass is 9.51. The average molecular weight is 544 g/mol. The van der Waals surface area contributed by atoms with Crippen molar-refractivity contribution in [2.45, 2.75) is 66.9 Å². The van der Waals surface area contributed by atoms with Crippen molar-refractivity contribution in [1.82, 2.24) is 0 Å². The van der Waals surface area contributed by atoms with Crippen molar-refractivity contribution in [3.8, 4) is 0 Å². The zero-order chi connectivity index (χ0) is 26.2. The number of rotatable bonds is 6. The first-order valence-corrected chi connectivity index (χ1v) is 11.8. The fraction of sp³-hybridized carbons (Fsp3) is 0.889. The molecule has 0 aromatic carbocycles. The monoisotopic (exact) mass is 544 g/mol. The zero-order valence-electron chi connectivity index (χ0n) is 17.5. The second kappa shape index (κ2) is 7.89. The number of hydrogen-bond acceptors (Lipinski definition) is 8. The van der Waals surface area contributed by atoms with Gasteiger partial charge in [-0.25, -0.2) is 9.59 Å². The third kappa shape index (κ3) is 4.17. The van der Waals surface area contributed by atoms with Crippen molar-refractivity contribution in [2.24, 2.45) is 17.8 Å². The summed E-state index contributed by atoms with van der Waals surface area (Å²) >= 11 is 0. The Morgan fingerprint density at radius 2 is 1.54 bits per heavy atom. The van der Waals surface area contributed by atoms with Crippen molar-refractivity contribution < 1.29 is 72.2 Å². The van der Waals surface area contributed by atoms with Crippen molar-refractivity contribution >= 4 is 22.1 Å². The van der Waals surface area contributed by atoms with Crippen LogP contribution in [0.5, 0.6) is 0 Å². The number of carbonyl (C=O) groups excluding carboxylic acids is 2. The molecule has 4 aliphatic carbocycles. The van der Waals surface area contributed by atoms with Gasteiger partial charge in [-0.2, -0.15) is 39.2 Å². The first-order chi connectivity index (χ1) is 15.8. The molecule has 35 heavy (non-hydrogen) atoms. The molecule has 5 aliphatic rings. The van der Waals surface area contributed by atoms with Crippen LogP contribution in [-0.4, -0.2) is 73.0 Å². The highest BCUT2D eigenvalue weighted by atomic mass is 32.2. The van der Waals surface area contributed by atoms with Crippen LogP contribution in [-0.2, 0) is 38.7 Å². The summed E-state index contributed by atoms with van der Waals surface area (Å²) in [5, 5.41) is -5.18. The molecule has 17 heteroatoms. The molecule has 1 spiro atoms. The number of esters is 2. The smallest absolute Gasteiger partial charge is 0.458 e. The van der Waals surface area contributed by atoms with E-state index >= 15 is 0 Å². The number of halogens is 7. The summed E-state index contributed by atoms with van der Waals surface area (Å²) in [6, 6.07) is 0. The highest BCUT2D eigenvalue weighted by molar-refractivity contribution is 7.87. The Balaban J connectivity index is 1.43. The molecule has 3 atom stereocenters. The van der Waals surface area contributed by atoms with Crippen LogP contribution >= 0.6 is 0 Å². The van der Waals surface area contributed by atoms with E-state index in [1.165, 1.54) is 0 Å². The molecule has 0 radical (unpaired) electrons. The Hall–Kier alpha value is -1.72. The van der Waals surface area contributed by atoms with E-state index in [9.17, 15) is 48.7 Å². The first-order valence-electron chi connectivity index (χ1n) is 10.3. The van der Waals surface area contributed by atoms with E-state index in [4.69, 9.17) is 18.8 Å². The molecular weight excluding hydrogens is 525 g/mol. The minimum absolute atomic E-state index is 0.0913. The maximum Gasteiger partial charge on any atom is 0.465 e. The molecule has 200 valence electrons. The molecule has 1 aliphatic heterocycles. The predicted octanol–water partition coefficient (Wildman–Crippen LogP) is 2.44. The van der Waals surface area contributed by atoms with Crippen LogP contribution < -0.4 is 0 Å². The molecule has 0 aromatic rings. The molecule has 0 amide bonds. The molecule has 9 nitrogen and oxygen atoms in total. The van der Waals surface area contributed by atoms with Crippen LogP contribution in [0.4, 0.5) is 30.7 Å². The van der Waals surface area contributed by atoms with Crippen LogP contribution in [0.1, 0.15) is 32.1 Å². The second-order valence-corrected chi connectivity index (χ2v) is 10.8. The lowest BCUT2D eigenvalue weighted by molar-refractivity contribution is -0.322. The van der Waals surface area contributed by atoms with E-state index in [1.807, 2.05) is 0 Å². The minimum Gasteiger partial charge on any atom is -0.458 e. The van der Waals surface area contributed by atoms with E-state index in [0.29, 0.717) is 12.8 Å². The molecule has 4 saturated carbocycles. The predicted molar refractivity (Wildman–Crippen MR) is 94.4 cm³/mol. The Morgan fingerprint density at radius 3 is 2.06 bits per heavy atom. The standard InChI is InChI=1S/C18H19F7O9S/c19-16(20,18(23,24)25)12(26)31-6-11-7-32-15(33-11)9-1-8-2-10(15)5-14(3-8,4-9)34-13(27)17(21,22)35(28,29)30/h8-11H,1-7H2,(H,28,29,30). The van der Waals surface area contributed by atoms with Gasteiger partial charge in [0.25, 0.3) is 0 Å². The van der Waals surface area contributed by atoms with Gasteiger partial charge < -0.3 is 18.9 Å². The van der Waals surface area contributed by atoms with Gasteiger partial charge in [0.2, 0.25) is 0 Å². The van der Waals surface area contributed by atoms with Crippen LogP contribution in [0.3, 0.4) is 0 Å². The molecule has 1 heterocycles. The van der Waals surface area contributed by atoms with Gasteiger partial charge in [0.1, 0.15) is 18.3 Å². The number of carbonyl (C=O) groups is 2. The van der Waals surface area contributed by atoms with E-state index in [1.54, 1.807) is 0 Å². The summed E-state index contributed by atoms with van der Waals surface area (Å²) in [6.07, 6.45) is -6.53. The van der Waals surface area contributed by atoms with Crippen LogP contribution in [0, 0.1) is 17.8 Å². The number of alkyl halides is 7. The Kier molecular flexibility index (Phi) is 5.94. The van der Waals surface area contributed by atoms with Gasteiger partial charge in [-0.1, -0.05) is 0 Å². The third-order valence-corrected chi connectivity index (χ3v) is 7.82. The number of hydrogen-bond donors (Lipinski definition) is 1. The van der Waals surface area contributed by atoms with Gasteiger partial charge in [-0.05, 0) is 38.0 Å². The van der Waals surface area contributed by atoms with Crippen LogP contribution in [0.15, 0.2) is 0 Å². The normalized spacial score (nSPS) is 37.0. The molecule has 0 aromatic heterocycles. The molecular formula is C18H19F7O9S. The molecule has 3 unspecified atom stereocenters. The molecule has 1 N–H and O–H groups in total. The lowest BCUT2D eigenvalue weighted by Crippen LogP contribution is -2.65. The topological polar surface area (TPSA) is 125 Å². The van der Waals surface area contributed by atoms with Gasteiger partial charge in [-0.3, -0.25) is 4.55 Å². The maximum absolute atomic E-state index is 13.7. The summed E-state index contributed by atoms with van der Waals surface area (Å²) in [5.74, 6) is -13.7. The van der Waals surface area contributed by atoms with Gasteiger partial charge in [-0.15, -0.1) is 0 Å². The van der Waals surface area contributed by atoms with Crippen LogP contribution in [0.25, 0.3) is 0 Å². The molecule has 1 saturated heterocycles. The number of ether oxygens (including phenoxy) is 4. The van der Waals surface area contributed by atoms with Crippen LogP contribution in [0.2, 0.25) is 0 Å². The fourth-order valence-electron chi connectivity index (χ4n) is 5.78. The van der Waals surface area contributed by atoms with Crippen molar-refractivity contribution in [3.05, 3.63) is 0 Å². The highest BCUT2D eigenvalue weighted by Gasteiger charge is 2.69. The van der Waals surface area contributed by atoms with Crippen molar-refractivity contribution in [2.75, 3.05) is 13.2 Å². The summed E-state index contributed by atoms with van der Waals surface area (Å²) in [4.78, 5) is 23.1.